The van der Waals surface area contributed by atoms with Crippen molar-refractivity contribution >= 4 is 22.6 Å². The van der Waals surface area contributed by atoms with Gasteiger partial charge in [-0.2, -0.15) is 5.10 Å². The lowest BCUT2D eigenvalue weighted by molar-refractivity contribution is 0.0950. The van der Waals surface area contributed by atoms with Gasteiger partial charge >= 0.3 is 0 Å². The molecule has 30 heavy (non-hydrogen) atoms. The van der Waals surface area contributed by atoms with E-state index in [0.717, 1.165) is 22.3 Å². The molecule has 0 bridgehead atoms. The first kappa shape index (κ1) is 19.5. The van der Waals surface area contributed by atoms with Crippen LogP contribution in [0.1, 0.15) is 27.7 Å². The molecular formula is C22H23N7O. The molecule has 8 nitrogen and oxygen atoms in total. The summed E-state index contributed by atoms with van der Waals surface area (Å²) >= 11 is 0. The normalized spacial score (nSPS) is 10.9. The molecule has 0 aliphatic carbocycles. The number of pyridine rings is 1. The Morgan fingerprint density at radius 2 is 1.80 bits per heavy atom. The summed E-state index contributed by atoms with van der Waals surface area (Å²) in [6.07, 6.45) is 0. The number of carbonyl (C=O) groups is 1. The van der Waals surface area contributed by atoms with Crippen molar-refractivity contribution in [2.45, 2.75) is 20.8 Å². The van der Waals surface area contributed by atoms with E-state index in [9.17, 15) is 4.79 Å². The zero-order chi connectivity index (χ0) is 21.1. The summed E-state index contributed by atoms with van der Waals surface area (Å²) in [7, 11) is 0. The Morgan fingerprint density at radius 1 is 0.967 bits per heavy atom. The molecule has 0 aliphatic rings. The second-order valence-corrected chi connectivity index (χ2v) is 7.07. The Hall–Kier alpha value is -3.81. The van der Waals surface area contributed by atoms with E-state index < -0.39 is 0 Å². The summed E-state index contributed by atoms with van der Waals surface area (Å²) in [5.41, 5.74) is 3.14. The molecule has 0 aliphatic heterocycles. The van der Waals surface area contributed by atoms with Gasteiger partial charge < -0.3 is 10.6 Å². The Labute approximate surface area is 174 Å². The maximum absolute atomic E-state index is 12.4. The SMILES string of the molecule is Cc1cc(C)n(-c2cc(NCCNC(=O)c3ccc4ccccc4n3)nc(C)n2)n1. The minimum Gasteiger partial charge on any atom is -0.368 e. The number of rotatable bonds is 6. The van der Waals surface area contributed by atoms with E-state index >= 15 is 0 Å². The van der Waals surface area contributed by atoms with Crippen LogP contribution in [0, 0.1) is 20.8 Å². The third-order valence-electron chi connectivity index (χ3n) is 4.60. The quantitative estimate of drug-likeness (QED) is 0.482. The minimum atomic E-state index is -0.204. The highest BCUT2D eigenvalue weighted by Crippen LogP contribution is 2.14. The number of anilines is 1. The van der Waals surface area contributed by atoms with Gasteiger partial charge in [-0.3, -0.25) is 4.79 Å². The lowest BCUT2D eigenvalue weighted by Gasteiger charge is -2.10. The summed E-state index contributed by atoms with van der Waals surface area (Å²) in [6, 6.07) is 15.2. The van der Waals surface area contributed by atoms with Crippen molar-refractivity contribution in [1.29, 1.82) is 0 Å². The van der Waals surface area contributed by atoms with Crippen molar-refractivity contribution in [2.24, 2.45) is 0 Å². The maximum atomic E-state index is 12.4. The number of para-hydroxylation sites is 1. The number of fused-ring (bicyclic) bond motifs is 1. The predicted molar refractivity (Wildman–Crippen MR) is 116 cm³/mol. The molecule has 8 heteroatoms. The molecule has 0 atom stereocenters. The van der Waals surface area contributed by atoms with Gasteiger partial charge in [-0.05, 0) is 39.0 Å². The fraction of sp³-hybridized carbons (Fsp3) is 0.227. The average molecular weight is 401 g/mol. The second-order valence-electron chi connectivity index (χ2n) is 7.07. The summed E-state index contributed by atoms with van der Waals surface area (Å²) in [5.74, 6) is 1.83. The first-order valence-corrected chi connectivity index (χ1v) is 9.77. The monoisotopic (exact) mass is 401 g/mol. The Kier molecular flexibility index (Phi) is 5.38. The van der Waals surface area contributed by atoms with E-state index in [1.165, 1.54) is 0 Å². The van der Waals surface area contributed by atoms with Crippen LogP contribution in [-0.4, -0.2) is 43.7 Å². The largest absolute Gasteiger partial charge is 0.368 e. The molecule has 0 saturated carbocycles. The summed E-state index contributed by atoms with van der Waals surface area (Å²) in [4.78, 5) is 25.7. The van der Waals surface area contributed by atoms with Crippen molar-refractivity contribution in [3.8, 4) is 5.82 Å². The van der Waals surface area contributed by atoms with Crippen LogP contribution in [0.25, 0.3) is 16.7 Å². The summed E-state index contributed by atoms with van der Waals surface area (Å²) < 4.78 is 1.79. The number of benzene rings is 1. The van der Waals surface area contributed by atoms with Crippen LogP contribution in [-0.2, 0) is 0 Å². The number of nitrogens with zero attached hydrogens (tertiary/aromatic N) is 5. The van der Waals surface area contributed by atoms with Crippen LogP contribution < -0.4 is 10.6 Å². The van der Waals surface area contributed by atoms with E-state index in [4.69, 9.17) is 0 Å². The van der Waals surface area contributed by atoms with E-state index in [1.807, 2.05) is 63.2 Å². The van der Waals surface area contributed by atoms with Gasteiger partial charge in [-0.25, -0.2) is 19.6 Å². The fourth-order valence-corrected chi connectivity index (χ4v) is 3.26. The highest BCUT2D eigenvalue weighted by atomic mass is 16.1. The van der Waals surface area contributed by atoms with Crippen molar-refractivity contribution in [1.82, 2.24) is 30.0 Å². The number of amides is 1. The van der Waals surface area contributed by atoms with E-state index in [2.05, 4.69) is 30.7 Å². The first-order valence-electron chi connectivity index (χ1n) is 9.77. The molecule has 0 unspecified atom stereocenters. The smallest absolute Gasteiger partial charge is 0.269 e. The first-order chi connectivity index (χ1) is 14.5. The molecule has 2 N–H and O–H groups in total. The lowest BCUT2D eigenvalue weighted by Crippen LogP contribution is -2.29. The van der Waals surface area contributed by atoms with Crippen LogP contribution in [0.5, 0.6) is 0 Å². The third-order valence-corrected chi connectivity index (χ3v) is 4.60. The summed E-state index contributed by atoms with van der Waals surface area (Å²) in [6.45, 7) is 6.73. The molecular weight excluding hydrogens is 378 g/mol. The van der Waals surface area contributed by atoms with Gasteiger partial charge in [-0.15, -0.1) is 0 Å². The Bertz CT molecular complexity index is 1220. The minimum absolute atomic E-state index is 0.204. The zero-order valence-electron chi connectivity index (χ0n) is 17.2. The van der Waals surface area contributed by atoms with Crippen LogP contribution in [0.3, 0.4) is 0 Å². The van der Waals surface area contributed by atoms with Gasteiger partial charge in [0.05, 0.1) is 11.2 Å². The van der Waals surface area contributed by atoms with Gasteiger partial charge in [0.1, 0.15) is 17.3 Å². The topological polar surface area (TPSA) is 97.6 Å². The molecule has 152 valence electrons. The number of hydrogen-bond donors (Lipinski definition) is 2. The molecule has 3 heterocycles. The van der Waals surface area contributed by atoms with Crippen molar-refractivity contribution in [3.05, 3.63) is 71.4 Å². The molecule has 1 amide bonds. The lowest BCUT2D eigenvalue weighted by atomic mass is 10.2. The van der Waals surface area contributed by atoms with Crippen molar-refractivity contribution in [3.63, 3.8) is 0 Å². The van der Waals surface area contributed by atoms with Crippen LogP contribution in [0.4, 0.5) is 5.82 Å². The molecule has 0 fully saturated rings. The van der Waals surface area contributed by atoms with E-state index in [-0.39, 0.29) is 5.91 Å². The Morgan fingerprint density at radius 3 is 2.60 bits per heavy atom. The molecule has 0 saturated heterocycles. The summed E-state index contributed by atoms with van der Waals surface area (Å²) in [5, 5.41) is 11.6. The molecule has 4 rings (SSSR count). The third kappa shape index (κ3) is 4.27. The van der Waals surface area contributed by atoms with Gasteiger partial charge in [0.15, 0.2) is 5.82 Å². The number of nitrogens with one attached hydrogen (secondary N) is 2. The predicted octanol–water partition coefficient (Wildman–Crippen LogP) is 2.98. The van der Waals surface area contributed by atoms with Gasteiger partial charge in [0, 0.05) is 30.2 Å². The number of aromatic nitrogens is 5. The highest BCUT2D eigenvalue weighted by Gasteiger charge is 2.10. The number of carbonyl (C=O) groups excluding carboxylic acids is 1. The second kappa shape index (κ2) is 8.28. The molecule has 4 aromatic rings. The van der Waals surface area contributed by atoms with E-state index in [1.54, 1.807) is 10.7 Å². The molecule has 1 aromatic carbocycles. The van der Waals surface area contributed by atoms with Gasteiger partial charge in [0.25, 0.3) is 5.91 Å². The van der Waals surface area contributed by atoms with Crippen LogP contribution in [0.15, 0.2) is 48.5 Å². The zero-order valence-corrected chi connectivity index (χ0v) is 17.2. The van der Waals surface area contributed by atoms with E-state index in [0.29, 0.717) is 36.2 Å². The molecule has 0 spiro atoms. The van der Waals surface area contributed by atoms with Crippen LogP contribution >= 0.6 is 0 Å². The molecule has 0 radical (unpaired) electrons. The number of hydrogen-bond acceptors (Lipinski definition) is 6. The van der Waals surface area contributed by atoms with Crippen molar-refractivity contribution < 1.29 is 4.79 Å². The maximum Gasteiger partial charge on any atom is 0.269 e. The fourth-order valence-electron chi connectivity index (χ4n) is 3.26. The van der Waals surface area contributed by atoms with Crippen LogP contribution in [0.2, 0.25) is 0 Å². The Balaban J connectivity index is 1.37. The highest BCUT2D eigenvalue weighted by molar-refractivity contribution is 5.94. The van der Waals surface area contributed by atoms with Gasteiger partial charge in [0.2, 0.25) is 0 Å². The van der Waals surface area contributed by atoms with Crippen molar-refractivity contribution in [2.75, 3.05) is 18.4 Å². The average Bonchev–Trinajstić information content (AvgIpc) is 3.08. The van der Waals surface area contributed by atoms with Gasteiger partial charge in [-0.1, -0.05) is 24.3 Å². The molecule has 3 aromatic heterocycles. The number of aryl methyl sites for hydroxylation is 3. The standard InChI is InChI=1S/C22H23N7O/c1-14-12-15(2)29(28-14)21-13-20(25-16(3)26-21)23-10-11-24-22(30)19-9-8-17-6-4-5-7-18(17)27-19/h4-9,12-13H,10-11H2,1-3H3,(H,24,30)(H,23,25,26).